The molecular weight excluding hydrogens is 825 g/mol. The van der Waals surface area contributed by atoms with Crippen molar-refractivity contribution in [3.05, 3.63) is 267 Å². The lowest BCUT2D eigenvalue weighted by atomic mass is 10.1. The highest BCUT2D eigenvalue weighted by molar-refractivity contribution is 7.16. The Balaban J connectivity index is 1.43. The monoisotopic (exact) mass is 868 g/mol. The molecule has 0 N–H and O–H groups in total. The van der Waals surface area contributed by atoms with E-state index < -0.39 is 34.2 Å². The summed E-state index contributed by atoms with van der Waals surface area (Å²) in [6.45, 7) is 0. The molecule has 0 unspecified atom stereocenters. The lowest BCUT2D eigenvalue weighted by molar-refractivity contribution is 0.268. The second-order valence-corrected chi connectivity index (χ2v) is 28.1. The molecule has 8 heteroatoms. The van der Waals surface area contributed by atoms with E-state index in [-0.39, 0.29) is 0 Å². The van der Waals surface area contributed by atoms with E-state index in [1.165, 1.54) is 0 Å². The Morgan fingerprint density at radius 2 is 0.403 bits per heavy atom. The molecule has 10 rings (SSSR count). The van der Waals surface area contributed by atoms with Gasteiger partial charge in [-0.3, -0.25) is 0 Å². The van der Waals surface area contributed by atoms with E-state index in [1.54, 1.807) is 0 Å². The van der Waals surface area contributed by atoms with Crippen molar-refractivity contribution in [1.29, 1.82) is 0 Å². The van der Waals surface area contributed by atoms with Crippen molar-refractivity contribution in [3.8, 4) is 11.1 Å². The molecule has 1 fully saturated rings. The highest BCUT2D eigenvalue weighted by Gasteiger charge is 2.68. The third-order valence-corrected chi connectivity index (χ3v) is 29.6. The van der Waals surface area contributed by atoms with Crippen LogP contribution in [-0.2, 0) is 16.5 Å². The van der Waals surface area contributed by atoms with Crippen LogP contribution in [0.15, 0.2) is 267 Å². The van der Waals surface area contributed by atoms with Crippen molar-refractivity contribution >= 4 is 75.7 Å². The van der Waals surface area contributed by atoms with Crippen LogP contribution in [0.25, 0.3) is 11.1 Å². The zero-order valence-electron chi connectivity index (χ0n) is 34.0. The van der Waals surface area contributed by atoms with E-state index >= 15 is 0 Å². The van der Waals surface area contributed by atoms with Crippen LogP contribution in [-0.4, -0.2) is 34.2 Å². The van der Waals surface area contributed by atoms with Gasteiger partial charge in [0.25, 0.3) is 0 Å². The Kier molecular flexibility index (Phi) is 11.1. The molecule has 9 aromatic rings. The Hall–Kier alpha value is -6.31. The summed E-state index contributed by atoms with van der Waals surface area (Å²) in [6.07, 6.45) is 0. The fourth-order valence-electron chi connectivity index (χ4n) is 8.73. The first kappa shape index (κ1) is 39.8. The van der Waals surface area contributed by atoms with Crippen molar-refractivity contribution in [2.75, 3.05) is 0 Å². The van der Waals surface area contributed by atoms with E-state index in [0.29, 0.717) is 0 Å². The molecule has 9 aromatic carbocycles. The van der Waals surface area contributed by atoms with Crippen molar-refractivity contribution in [2.45, 2.75) is 0 Å². The zero-order valence-corrected chi connectivity index (χ0v) is 38.0. The van der Waals surface area contributed by atoms with Crippen LogP contribution in [0.2, 0.25) is 0 Å². The Labute approximate surface area is 368 Å². The van der Waals surface area contributed by atoms with Gasteiger partial charge in [-0.15, -0.1) is 0 Å². The van der Waals surface area contributed by atoms with Gasteiger partial charge in [-0.05, 0) is 47.4 Å². The van der Waals surface area contributed by atoms with Gasteiger partial charge >= 0.3 is 34.2 Å². The molecule has 1 aliphatic rings. The Bertz CT molecular complexity index is 2630. The van der Waals surface area contributed by atoms with E-state index in [2.05, 4.69) is 267 Å². The van der Waals surface area contributed by atoms with E-state index in [1.807, 2.05) is 0 Å². The highest BCUT2D eigenvalue weighted by atomic mass is 28.5. The van der Waals surface area contributed by atoms with Crippen molar-refractivity contribution in [1.82, 2.24) is 0 Å². The van der Waals surface area contributed by atoms with Gasteiger partial charge in [-0.2, -0.15) is 0 Å². The largest absolute Gasteiger partial charge is 0.402 e. The lowest BCUT2D eigenvalue weighted by Gasteiger charge is -2.53. The fourth-order valence-corrected chi connectivity index (χ4v) is 31.5. The number of rotatable bonds is 9. The van der Waals surface area contributed by atoms with E-state index in [0.717, 1.165) is 52.6 Å². The predicted molar refractivity (Wildman–Crippen MR) is 261 cm³/mol. The topological polar surface area (TPSA) is 36.9 Å². The first-order chi connectivity index (χ1) is 30.7. The highest BCUT2D eigenvalue weighted by Crippen LogP contribution is 2.34. The van der Waals surface area contributed by atoms with Crippen molar-refractivity contribution in [2.24, 2.45) is 0 Å². The van der Waals surface area contributed by atoms with Crippen LogP contribution < -0.4 is 41.5 Å². The molecule has 300 valence electrons. The average molecular weight is 869 g/mol. The summed E-state index contributed by atoms with van der Waals surface area (Å²) in [5.41, 5.74) is 2.10. The number of hydrogen-bond acceptors (Lipinski definition) is 4. The molecule has 0 aromatic heterocycles. The standard InChI is InChI=1S/C54H44O4Si4/c1-9-27-45(28-10-1)53-43-25-26-44-54(53)62(52-41-23-8-24-42-52)57-60(48-33-15-4-16-34-48,49-35-17-5-18-36-49)55-59(46-29-11-2-12-30-46,47-31-13-3-14-32-47)56-61(58-62,50-37-19-6-20-38-50)51-39-21-7-22-40-51/h1-44H. The van der Waals surface area contributed by atoms with Crippen molar-refractivity contribution < 1.29 is 16.5 Å². The summed E-state index contributed by atoms with van der Waals surface area (Å²) in [7, 11) is -16.1. The first-order valence-electron chi connectivity index (χ1n) is 21.0. The SMILES string of the molecule is c1ccc(-c2ccccc2[Si]2(c3ccccc3)O[Si](c3ccccc3)(c3ccccc3)O[Si](c3ccccc3)(c3ccccc3)O[Si](c3ccccc3)(c3ccccc3)O2)cc1. The third-order valence-electron chi connectivity index (χ3n) is 11.6. The normalized spacial score (nSPS) is 16.3. The van der Waals surface area contributed by atoms with Gasteiger partial charge in [-0.1, -0.05) is 267 Å². The molecule has 62 heavy (non-hydrogen) atoms. The van der Waals surface area contributed by atoms with Gasteiger partial charge in [0.1, 0.15) is 0 Å². The van der Waals surface area contributed by atoms with Crippen molar-refractivity contribution in [3.63, 3.8) is 0 Å². The maximum absolute atomic E-state index is 8.69. The maximum atomic E-state index is 8.69. The number of benzene rings is 9. The molecule has 0 aliphatic carbocycles. The summed E-state index contributed by atoms with van der Waals surface area (Å²) < 4.78 is 34.5. The molecule has 1 aliphatic heterocycles. The fraction of sp³-hybridized carbons (Fsp3) is 0. The minimum absolute atomic E-state index is 0.955. The van der Waals surface area contributed by atoms with Crippen LogP contribution >= 0.6 is 0 Å². The zero-order chi connectivity index (χ0) is 41.7. The molecule has 0 atom stereocenters. The Morgan fingerprint density at radius 1 is 0.194 bits per heavy atom. The summed E-state index contributed by atoms with van der Waals surface area (Å²) in [5.74, 6) is 0. The lowest BCUT2D eigenvalue weighted by Crippen LogP contribution is -2.88. The van der Waals surface area contributed by atoms with Gasteiger partial charge in [0.15, 0.2) is 0 Å². The summed E-state index contributed by atoms with van der Waals surface area (Å²) in [4.78, 5) is 0. The van der Waals surface area contributed by atoms with E-state index in [4.69, 9.17) is 16.5 Å². The maximum Gasteiger partial charge on any atom is 0.391 e. The molecule has 0 bridgehead atoms. The second-order valence-electron chi connectivity index (χ2n) is 15.3. The molecule has 1 heterocycles. The average Bonchev–Trinajstić information content (AvgIpc) is 3.37. The predicted octanol–water partition coefficient (Wildman–Crippen LogP) is 6.76. The smallest absolute Gasteiger partial charge is 0.391 e. The van der Waals surface area contributed by atoms with Crippen LogP contribution in [0.3, 0.4) is 0 Å². The van der Waals surface area contributed by atoms with Crippen LogP contribution in [0.5, 0.6) is 0 Å². The molecule has 1 saturated heterocycles. The summed E-state index contributed by atoms with van der Waals surface area (Å²) in [5, 5.41) is 7.69. The third kappa shape index (κ3) is 7.12. The Morgan fingerprint density at radius 3 is 0.694 bits per heavy atom. The van der Waals surface area contributed by atoms with Gasteiger partial charge in [-0.25, -0.2) is 0 Å². The minimum Gasteiger partial charge on any atom is -0.402 e. The van der Waals surface area contributed by atoms with Crippen LogP contribution in [0.4, 0.5) is 0 Å². The molecule has 0 radical (unpaired) electrons. The molecule has 0 spiro atoms. The molecular formula is C54H44O4Si4. The molecule has 4 nitrogen and oxygen atoms in total. The quantitative estimate of drug-likeness (QED) is 0.151. The van der Waals surface area contributed by atoms with E-state index in [9.17, 15) is 0 Å². The van der Waals surface area contributed by atoms with Crippen LogP contribution in [0, 0.1) is 0 Å². The number of hydrogen-bond donors (Lipinski definition) is 0. The van der Waals surface area contributed by atoms with Crippen LogP contribution in [0.1, 0.15) is 0 Å². The first-order valence-corrected chi connectivity index (χ1v) is 28.3. The summed E-state index contributed by atoms with van der Waals surface area (Å²) in [6, 6.07) is 93.2. The van der Waals surface area contributed by atoms with Gasteiger partial charge in [0, 0.05) is 5.19 Å². The molecule has 0 amide bonds. The second kappa shape index (κ2) is 17.2. The van der Waals surface area contributed by atoms with Gasteiger partial charge in [0.05, 0.1) is 0 Å². The minimum atomic E-state index is -4.12. The van der Waals surface area contributed by atoms with Gasteiger partial charge < -0.3 is 16.5 Å². The van der Waals surface area contributed by atoms with Gasteiger partial charge in [0.2, 0.25) is 0 Å². The summed E-state index contributed by atoms with van der Waals surface area (Å²) >= 11 is 0. The molecule has 0 saturated carbocycles.